The second kappa shape index (κ2) is 33.2. The number of methoxy groups -OCH3 is 2. The summed E-state index contributed by atoms with van der Waals surface area (Å²) in [6.07, 6.45) is 20.3. The Balaban J connectivity index is 0.000000177. The lowest BCUT2D eigenvalue weighted by Gasteiger charge is -2.54. The molecular formula is C88H124Cl2N10O10S2. The third-order valence-corrected chi connectivity index (χ3v) is 33.5. The van der Waals surface area contributed by atoms with E-state index in [9.17, 15) is 26.4 Å². The van der Waals surface area contributed by atoms with E-state index in [1.165, 1.54) is 22.3 Å². The number of aryl methyl sites for hydroxylation is 2. The van der Waals surface area contributed by atoms with Crippen LogP contribution in [0.3, 0.4) is 0 Å². The molecule has 4 saturated heterocycles. The van der Waals surface area contributed by atoms with Crippen molar-refractivity contribution >= 4 is 66.4 Å². The van der Waals surface area contributed by atoms with Crippen molar-refractivity contribution < 1.29 is 45.4 Å². The predicted octanol–water partition coefficient (Wildman–Crippen LogP) is 12.0. The lowest BCUT2D eigenvalue weighted by molar-refractivity contribution is -0.103. The summed E-state index contributed by atoms with van der Waals surface area (Å²) >= 11 is 13.1. The minimum Gasteiger partial charge on any atom is -0.490 e. The maximum atomic E-state index is 13.7. The van der Waals surface area contributed by atoms with Gasteiger partial charge in [0.2, 0.25) is 20.0 Å². The van der Waals surface area contributed by atoms with Crippen LogP contribution in [0.15, 0.2) is 97.1 Å². The zero-order valence-corrected chi connectivity index (χ0v) is 71.2. The Morgan fingerprint density at radius 3 is 1.31 bits per heavy atom. The van der Waals surface area contributed by atoms with Crippen molar-refractivity contribution in [2.75, 3.05) is 155 Å². The molecule has 0 radical (unpaired) electrons. The number of rotatable bonds is 8. The molecular weight excluding hydrogens is 1490 g/mol. The minimum absolute atomic E-state index is 0.218. The van der Waals surface area contributed by atoms with Crippen LogP contribution in [0.2, 0.25) is 10.0 Å². The molecule has 24 heteroatoms. The maximum Gasteiger partial charge on any atom is 0.264 e. The van der Waals surface area contributed by atoms with Crippen LogP contribution in [0.5, 0.6) is 11.5 Å². The summed E-state index contributed by atoms with van der Waals surface area (Å²) in [7, 11) is -4.17. The van der Waals surface area contributed by atoms with Gasteiger partial charge in [0.05, 0.1) is 35.1 Å². The van der Waals surface area contributed by atoms with Crippen LogP contribution in [0.25, 0.3) is 0 Å². The number of sulfonamides is 2. The fourth-order valence-electron chi connectivity index (χ4n) is 21.6. The molecule has 14 atom stereocenters. The highest BCUT2D eigenvalue weighted by Crippen LogP contribution is 2.53. The molecule has 4 aromatic rings. The molecule has 0 aromatic heterocycles. The summed E-state index contributed by atoms with van der Waals surface area (Å²) in [6.45, 7) is 35.0. The fraction of sp³-hybridized carbons (Fsp3) is 0.659. The van der Waals surface area contributed by atoms with Gasteiger partial charge in [-0.1, -0.05) is 73.5 Å². The van der Waals surface area contributed by atoms with E-state index in [1.807, 2.05) is 64.5 Å². The van der Waals surface area contributed by atoms with Crippen molar-refractivity contribution in [3.63, 3.8) is 0 Å². The van der Waals surface area contributed by atoms with Crippen LogP contribution in [-0.2, 0) is 53.2 Å². The number of ether oxygens (including phenoxy) is 4. The smallest absolute Gasteiger partial charge is 0.264 e. The van der Waals surface area contributed by atoms with E-state index in [0.29, 0.717) is 73.2 Å². The first-order chi connectivity index (χ1) is 53.6. The minimum atomic E-state index is -3.96. The lowest BCUT2D eigenvalue weighted by Crippen LogP contribution is -2.65. The highest BCUT2D eigenvalue weighted by Gasteiger charge is 2.54. The van der Waals surface area contributed by atoms with Crippen molar-refractivity contribution in [3.8, 4) is 11.5 Å². The van der Waals surface area contributed by atoms with Gasteiger partial charge in [-0.25, -0.2) is 26.3 Å². The summed E-state index contributed by atoms with van der Waals surface area (Å²) in [5.41, 5.74) is 5.84. The number of benzene rings is 4. The van der Waals surface area contributed by atoms with Crippen LogP contribution in [0.1, 0.15) is 163 Å². The molecule has 4 bridgehead atoms. The zero-order valence-electron chi connectivity index (χ0n) is 68.0. The van der Waals surface area contributed by atoms with E-state index in [2.05, 4.69) is 125 Å². The molecule has 8 aliphatic heterocycles. The first kappa shape index (κ1) is 81.8. The summed E-state index contributed by atoms with van der Waals surface area (Å²) in [5, 5.41) is -0.0510. The first-order valence-corrected chi connectivity index (χ1v) is 46.0. The molecule has 2 N–H and O–H groups in total. The molecule has 12 aliphatic rings. The second-order valence-electron chi connectivity index (χ2n) is 36.4. The molecule has 16 rings (SSSR count). The van der Waals surface area contributed by atoms with Crippen molar-refractivity contribution in [2.45, 2.75) is 189 Å². The van der Waals surface area contributed by atoms with Crippen molar-refractivity contribution in [2.24, 2.45) is 35.5 Å². The van der Waals surface area contributed by atoms with E-state index in [0.717, 1.165) is 215 Å². The number of hydrogen-bond acceptors (Lipinski definition) is 18. The van der Waals surface area contributed by atoms with Gasteiger partial charge in [-0.05, 0) is 237 Å². The number of carbonyl (C=O) groups excluding carboxylic acids is 2. The third-order valence-electron chi connectivity index (χ3n) is 29.2. The molecule has 4 aliphatic carbocycles. The summed E-state index contributed by atoms with van der Waals surface area (Å²) in [4.78, 5) is 48.2. The van der Waals surface area contributed by atoms with E-state index in [-0.39, 0.29) is 34.5 Å². The molecule has 4 aromatic carbocycles. The van der Waals surface area contributed by atoms with Gasteiger partial charge in [-0.15, -0.1) is 0 Å². The highest BCUT2D eigenvalue weighted by molar-refractivity contribution is 7.91. The maximum absolute atomic E-state index is 13.7. The summed E-state index contributed by atoms with van der Waals surface area (Å²) in [6, 6.07) is 25.5. The normalized spacial score (nSPS) is 34.7. The number of anilines is 2. The predicted molar refractivity (Wildman–Crippen MR) is 447 cm³/mol. The van der Waals surface area contributed by atoms with Gasteiger partial charge in [0, 0.05) is 188 Å². The molecule has 1 unspecified atom stereocenters. The molecule has 6 fully saturated rings. The number of allylic oxidation sites excluding steroid dienone is 2. The molecule has 612 valence electrons. The van der Waals surface area contributed by atoms with Crippen molar-refractivity contribution in [1.29, 1.82) is 0 Å². The van der Waals surface area contributed by atoms with Crippen molar-refractivity contribution in [3.05, 3.63) is 141 Å². The zero-order chi connectivity index (χ0) is 78.8. The SMILES string of the molecule is CO[C@@]1(CN2CCN3CCN(C(C)C)CC3C2)/C=C/C[C@H](C)[C@@H](C)S(=O)(=O)NC(=O)c2ccc3c(c2)N(C[C@@H]2CC[C@H]21)C[C@@]1(CCCc2cc(Cl)ccc21)CO3.CO[C@@]1(CN2CCN3CCN(C(C)C)C[C@@H]3C2)/C=C/C[C@H](C)[C@@H](C)S(=O)(=O)NC(=O)c2ccc3c(c2)N(C[C@@H]2CC[C@H]21)C[C@@]1(CCCc2cc(Cl)ccc21)CO3. The van der Waals surface area contributed by atoms with Gasteiger partial charge < -0.3 is 28.7 Å². The van der Waals surface area contributed by atoms with Gasteiger partial charge in [0.1, 0.15) is 22.7 Å². The number of amides is 2. The summed E-state index contributed by atoms with van der Waals surface area (Å²) in [5.74, 6) is 0.986. The second-order valence-corrected chi connectivity index (χ2v) is 41.3. The number of carbonyl (C=O) groups is 2. The fourth-order valence-corrected chi connectivity index (χ4v) is 24.6. The number of halogens is 2. The molecule has 112 heavy (non-hydrogen) atoms. The third kappa shape index (κ3) is 16.6. The molecule has 8 heterocycles. The Labute approximate surface area is 678 Å². The van der Waals surface area contributed by atoms with Gasteiger partial charge >= 0.3 is 0 Å². The Morgan fingerprint density at radius 1 is 0.518 bits per heavy atom. The average molecular weight is 1620 g/mol. The largest absolute Gasteiger partial charge is 0.490 e. The van der Waals surface area contributed by atoms with Crippen LogP contribution in [0.4, 0.5) is 11.4 Å². The molecule has 2 saturated carbocycles. The molecule has 2 amide bonds. The number of hydrogen-bond donors (Lipinski definition) is 2. The molecule has 2 spiro atoms. The Hall–Kier alpha value is -5.34. The van der Waals surface area contributed by atoms with Crippen molar-refractivity contribution in [1.82, 2.24) is 38.8 Å². The standard InChI is InChI=1S/2C44H62ClN5O5S/c2*1-30(2)49-21-20-48-19-18-47(25-37(48)26-49)28-44(54-5)17-6-8-31(3)32(4)56(52,53)46-42(51)34-11-15-41-40(23-34)50(24-35-10-13-39(35)44)27-43(29-55-41)16-7-9-33-22-36(45)12-14-38(33)43/h2*6,11-12,14-15,17,22-23,30-32,35,37,39H,7-10,13,16,18-21,24-29H2,1-5H3,(H,46,51)/b2*17-6+/t31-,32+,35-,37?,39+,43-,44+;31-,32+,35-,37-,39+,43-,44+/m00/s1. The number of piperazine rings is 4. The Morgan fingerprint density at radius 2 is 0.929 bits per heavy atom. The average Bonchev–Trinajstić information content (AvgIpc) is 1.31. The quantitative estimate of drug-likeness (QED) is 0.158. The monoisotopic (exact) mass is 1610 g/mol. The van der Waals surface area contributed by atoms with Crippen LogP contribution >= 0.6 is 23.2 Å². The van der Waals surface area contributed by atoms with Gasteiger partial charge in [-0.2, -0.15) is 0 Å². The van der Waals surface area contributed by atoms with Gasteiger partial charge in [0.25, 0.3) is 11.8 Å². The van der Waals surface area contributed by atoms with E-state index in [4.69, 9.17) is 42.1 Å². The summed E-state index contributed by atoms with van der Waals surface area (Å²) < 4.78 is 86.7. The van der Waals surface area contributed by atoms with Crippen LogP contribution in [0, 0.1) is 35.5 Å². The van der Waals surface area contributed by atoms with Gasteiger partial charge in [-0.3, -0.25) is 39.0 Å². The Bertz CT molecular complexity index is 4130. The van der Waals surface area contributed by atoms with Crippen LogP contribution in [-0.4, -0.2) is 249 Å². The van der Waals surface area contributed by atoms with Crippen LogP contribution < -0.4 is 28.7 Å². The highest BCUT2D eigenvalue weighted by atomic mass is 35.5. The lowest BCUT2D eigenvalue weighted by atomic mass is 9.63. The van der Waals surface area contributed by atoms with Gasteiger partial charge in [0.15, 0.2) is 0 Å². The van der Waals surface area contributed by atoms with E-state index < -0.39 is 53.6 Å². The first-order valence-electron chi connectivity index (χ1n) is 42.2. The number of fused-ring (bicyclic) bond motifs is 10. The Kier molecular flexibility index (Phi) is 24.3. The van der Waals surface area contributed by atoms with E-state index in [1.54, 1.807) is 26.0 Å². The topological polar surface area (TPSA) is 189 Å². The number of nitrogens with zero attached hydrogens (tertiary/aromatic N) is 8. The van der Waals surface area contributed by atoms with E-state index >= 15 is 0 Å². The number of nitrogens with one attached hydrogen (secondary N) is 2. The molecule has 20 nitrogen and oxygen atoms in total.